The molecule has 30 heavy (non-hydrogen) atoms. The van der Waals surface area contributed by atoms with E-state index in [1.807, 2.05) is 36.4 Å². The SMILES string of the molecule is COc1ccccc1-c1cc(CN(Cc2ccco2)C(=O)c2ccc(Cl)cc2)no1. The highest BCUT2D eigenvalue weighted by molar-refractivity contribution is 6.30. The molecule has 0 aliphatic carbocycles. The van der Waals surface area contributed by atoms with Crippen molar-refractivity contribution in [1.29, 1.82) is 0 Å². The van der Waals surface area contributed by atoms with Gasteiger partial charge in [0.25, 0.3) is 5.91 Å². The van der Waals surface area contributed by atoms with E-state index in [-0.39, 0.29) is 12.5 Å². The highest BCUT2D eigenvalue weighted by atomic mass is 35.5. The molecule has 0 radical (unpaired) electrons. The topological polar surface area (TPSA) is 68.7 Å². The lowest BCUT2D eigenvalue weighted by Gasteiger charge is -2.20. The lowest BCUT2D eigenvalue weighted by atomic mass is 10.1. The normalized spacial score (nSPS) is 10.7. The first-order valence-electron chi connectivity index (χ1n) is 9.30. The number of amides is 1. The number of halogens is 1. The molecule has 6 nitrogen and oxygen atoms in total. The summed E-state index contributed by atoms with van der Waals surface area (Å²) in [5.41, 5.74) is 1.93. The zero-order valence-electron chi connectivity index (χ0n) is 16.2. The molecule has 0 aliphatic rings. The van der Waals surface area contributed by atoms with E-state index < -0.39 is 0 Å². The number of ether oxygens (including phenoxy) is 1. The van der Waals surface area contributed by atoms with Gasteiger partial charge in [-0.15, -0.1) is 0 Å². The van der Waals surface area contributed by atoms with Crippen LogP contribution in [-0.4, -0.2) is 23.1 Å². The van der Waals surface area contributed by atoms with Crippen molar-refractivity contribution in [3.8, 4) is 17.1 Å². The van der Waals surface area contributed by atoms with Gasteiger partial charge in [0.05, 0.1) is 32.0 Å². The molecule has 0 fully saturated rings. The van der Waals surface area contributed by atoms with Crippen molar-refractivity contribution < 1.29 is 18.5 Å². The van der Waals surface area contributed by atoms with E-state index in [4.69, 9.17) is 25.3 Å². The van der Waals surface area contributed by atoms with Crippen LogP contribution < -0.4 is 4.74 Å². The molecule has 2 aromatic carbocycles. The fourth-order valence-electron chi connectivity index (χ4n) is 3.12. The Labute approximate surface area is 178 Å². The van der Waals surface area contributed by atoms with E-state index in [0.717, 1.165) is 5.56 Å². The van der Waals surface area contributed by atoms with Crippen molar-refractivity contribution in [1.82, 2.24) is 10.1 Å². The van der Waals surface area contributed by atoms with Gasteiger partial charge in [-0.25, -0.2) is 0 Å². The van der Waals surface area contributed by atoms with Crippen LogP contribution >= 0.6 is 11.6 Å². The van der Waals surface area contributed by atoms with Gasteiger partial charge in [0.1, 0.15) is 17.2 Å². The van der Waals surface area contributed by atoms with Crippen molar-refractivity contribution in [2.75, 3.05) is 7.11 Å². The van der Waals surface area contributed by atoms with Gasteiger partial charge in [-0.05, 0) is 48.5 Å². The number of furan rings is 1. The third kappa shape index (κ3) is 4.39. The number of aromatic nitrogens is 1. The number of nitrogens with zero attached hydrogens (tertiary/aromatic N) is 2. The molecule has 0 N–H and O–H groups in total. The molecule has 0 atom stereocenters. The quantitative estimate of drug-likeness (QED) is 0.396. The largest absolute Gasteiger partial charge is 0.496 e. The Kier molecular flexibility index (Phi) is 5.86. The molecule has 2 aromatic heterocycles. The van der Waals surface area contributed by atoms with Gasteiger partial charge in [-0.3, -0.25) is 4.79 Å². The summed E-state index contributed by atoms with van der Waals surface area (Å²) in [6.45, 7) is 0.548. The van der Waals surface area contributed by atoms with E-state index in [9.17, 15) is 4.79 Å². The molecule has 4 rings (SSSR count). The molecule has 152 valence electrons. The number of hydrogen-bond acceptors (Lipinski definition) is 5. The minimum atomic E-state index is -0.162. The highest BCUT2D eigenvalue weighted by Gasteiger charge is 2.20. The first-order chi connectivity index (χ1) is 14.6. The maximum Gasteiger partial charge on any atom is 0.254 e. The molecule has 2 heterocycles. The zero-order chi connectivity index (χ0) is 20.9. The predicted molar refractivity (Wildman–Crippen MR) is 112 cm³/mol. The molecule has 0 aliphatic heterocycles. The van der Waals surface area contributed by atoms with Crippen molar-refractivity contribution in [2.24, 2.45) is 0 Å². The maximum absolute atomic E-state index is 13.1. The van der Waals surface area contributed by atoms with Crippen molar-refractivity contribution in [2.45, 2.75) is 13.1 Å². The Morgan fingerprint density at radius 2 is 1.87 bits per heavy atom. The number of carbonyl (C=O) groups is 1. The van der Waals surface area contributed by atoms with Crippen LogP contribution in [0.1, 0.15) is 21.8 Å². The Morgan fingerprint density at radius 3 is 2.60 bits per heavy atom. The molecule has 0 unspecified atom stereocenters. The van der Waals surface area contributed by atoms with Gasteiger partial charge in [-0.1, -0.05) is 28.9 Å². The van der Waals surface area contributed by atoms with Gasteiger partial charge in [0, 0.05) is 16.7 Å². The number of carbonyl (C=O) groups excluding carboxylic acids is 1. The van der Waals surface area contributed by atoms with Gasteiger partial charge >= 0.3 is 0 Å². The standard InChI is InChI=1S/C23H19ClN2O4/c1-28-21-7-3-2-6-20(21)22-13-18(25-30-22)14-26(15-19-5-4-12-29-19)23(27)16-8-10-17(24)11-9-16/h2-13H,14-15H2,1H3. The van der Waals surface area contributed by atoms with Crippen LogP contribution in [0.5, 0.6) is 5.75 Å². The Balaban J connectivity index is 1.60. The molecular weight excluding hydrogens is 404 g/mol. The van der Waals surface area contributed by atoms with Gasteiger partial charge in [-0.2, -0.15) is 0 Å². The van der Waals surface area contributed by atoms with Crippen LogP contribution in [-0.2, 0) is 13.1 Å². The molecule has 0 spiro atoms. The molecule has 0 saturated heterocycles. The monoisotopic (exact) mass is 422 g/mol. The number of hydrogen-bond donors (Lipinski definition) is 0. The van der Waals surface area contributed by atoms with Crippen molar-refractivity contribution >= 4 is 17.5 Å². The lowest BCUT2D eigenvalue weighted by Crippen LogP contribution is -2.30. The summed E-state index contributed by atoms with van der Waals surface area (Å²) < 4.78 is 16.3. The Bertz CT molecular complexity index is 1120. The number of benzene rings is 2. The van der Waals surface area contributed by atoms with Crippen LogP contribution in [0.25, 0.3) is 11.3 Å². The minimum Gasteiger partial charge on any atom is -0.496 e. The molecule has 7 heteroatoms. The Hall–Kier alpha value is -3.51. The molecular formula is C23H19ClN2O4. The second-order valence-corrected chi connectivity index (χ2v) is 7.07. The fraction of sp³-hybridized carbons (Fsp3) is 0.130. The van der Waals surface area contributed by atoms with Crippen molar-refractivity contribution in [3.63, 3.8) is 0 Å². The molecule has 0 bridgehead atoms. The summed E-state index contributed by atoms with van der Waals surface area (Å²) in [7, 11) is 1.60. The average Bonchev–Trinajstić information content (AvgIpc) is 3.45. The molecule has 0 saturated carbocycles. The van der Waals surface area contributed by atoms with E-state index in [1.54, 1.807) is 48.6 Å². The summed E-state index contributed by atoms with van der Waals surface area (Å²) in [5.74, 6) is 1.76. The molecule has 1 amide bonds. The van der Waals surface area contributed by atoms with E-state index in [1.165, 1.54) is 0 Å². The third-order valence-corrected chi connectivity index (χ3v) is 4.84. The lowest BCUT2D eigenvalue weighted by molar-refractivity contribution is 0.0714. The summed E-state index contributed by atoms with van der Waals surface area (Å²) in [6.07, 6.45) is 1.58. The summed E-state index contributed by atoms with van der Waals surface area (Å²) >= 11 is 5.95. The highest BCUT2D eigenvalue weighted by Crippen LogP contribution is 2.30. The van der Waals surface area contributed by atoms with E-state index in [0.29, 0.717) is 40.1 Å². The first kappa shape index (κ1) is 19.8. The van der Waals surface area contributed by atoms with Gasteiger partial charge in [0.2, 0.25) is 0 Å². The van der Waals surface area contributed by atoms with Crippen LogP contribution in [0, 0.1) is 0 Å². The summed E-state index contributed by atoms with van der Waals surface area (Å²) in [5, 5.41) is 4.72. The number of para-hydroxylation sites is 1. The Morgan fingerprint density at radius 1 is 1.07 bits per heavy atom. The average molecular weight is 423 g/mol. The molecule has 4 aromatic rings. The second-order valence-electron chi connectivity index (χ2n) is 6.63. The van der Waals surface area contributed by atoms with Crippen LogP contribution in [0.15, 0.2) is 81.9 Å². The summed E-state index contributed by atoms with van der Waals surface area (Å²) in [6, 6.07) is 19.7. The second kappa shape index (κ2) is 8.88. The fourth-order valence-corrected chi connectivity index (χ4v) is 3.25. The van der Waals surface area contributed by atoms with Crippen molar-refractivity contribution in [3.05, 3.63) is 95.0 Å². The van der Waals surface area contributed by atoms with E-state index >= 15 is 0 Å². The van der Waals surface area contributed by atoms with Crippen LogP contribution in [0.2, 0.25) is 5.02 Å². The zero-order valence-corrected chi connectivity index (χ0v) is 17.0. The van der Waals surface area contributed by atoms with Crippen LogP contribution in [0.3, 0.4) is 0 Å². The number of methoxy groups -OCH3 is 1. The van der Waals surface area contributed by atoms with Crippen LogP contribution in [0.4, 0.5) is 0 Å². The predicted octanol–water partition coefficient (Wildman–Crippen LogP) is 5.44. The van der Waals surface area contributed by atoms with E-state index in [2.05, 4.69) is 5.16 Å². The maximum atomic E-state index is 13.1. The number of rotatable bonds is 7. The first-order valence-corrected chi connectivity index (χ1v) is 9.68. The summed E-state index contributed by atoms with van der Waals surface area (Å²) in [4.78, 5) is 14.8. The van der Waals surface area contributed by atoms with Gasteiger partial charge in [0.15, 0.2) is 5.76 Å². The smallest absolute Gasteiger partial charge is 0.254 e. The minimum absolute atomic E-state index is 0.162. The van der Waals surface area contributed by atoms with Gasteiger partial charge < -0.3 is 18.6 Å². The third-order valence-electron chi connectivity index (χ3n) is 4.59.